The van der Waals surface area contributed by atoms with E-state index in [1.165, 1.54) is 0 Å². The molecule has 102 valence electrons. The molecule has 19 heavy (non-hydrogen) atoms. The van der Waals surface area contributed by atoms with Crippen LogP contribution in [0.3, 0.4) is 0 Å². The van der Waals surface area contributed by atoms with E-state index in [-0.39, 0.29) is 5.91 Å². The summed E-state index contributed by atoms with van der Waals surface area (Å²) in [6, 6.07) is 0. The van der Waals surface area contributed by atoms with Crippen molar-refractivity contribution in [2.75, 3.05) is 0 Å². The van der Waals surface area contributed by atoms with Crippen molar-refractivity contribution in [1.82, 2.24) is 24.9 Å². The summed E-state index contributed by atoms with van der Waals surface area (Å²) in [4.78, 5) is 12.2. The molecule has 0 aliphatic rings. The predicted octanol–water partition coefficient (Wildman–Crippen LogP) is 1.46. The Hall–Kier alpha value is -1.63. The van der Waals surface area contributed by atoms with E-state index in [2.05, 4.69) is 31.4 Å². The average Bonchev–Trinajstić information content (AvgIpc) is 2.78. The Morgan fingerprint density at radius 1 is 1.37 bits per heavy atom. The molecule has 7 heteroatoms. The molecule has 1 amide bonds. The molecule has 0 aromatic carbocycles. The maximum absolute atomic E-state index is 12.2. The van der Waals surface area contributed by atoms with Crippen LogP contribution in [0.4, 0.5) is 0 Å². The number of hydrogen-bond donors (Lipinski definition) is 1. The number of aryl methyl sites for hydroxylation is 3. The highest BCUT2D eigenvalue weighted by Crippen LogP contribution is 2.16. The van der Waals surface area contributed by atoms with Gasteiger partial charge in [-0.05, 0) is 29.8 Å². The molecule has 2 aromatic heterocycles. The van der Waals surface area contributed by atoms with E-state index in [0.717, 1.165) is 21.6 Å². The third-order valence-corrected chi connectivity index (χ3v) is 3.83. The van der Waals surface area contributed by atoms with Gasteiger partial charge in [0.05, 0.1) is 34.2 Å². The van der Waals surface area contributed by atoms with Crippen LogP contribution in [0.1, 0.15) is 27.4 Å². The Bertz CT molecular complexity index is 609. The molecule has 0 atom stereocenters. The van der Waals surface area contributed by atoms with Crippen LogP contribution in [0.25, 0.3) is 0 Å². The van der Waals surface area contributed by atoms with Crippen LogP contribution in [0.2, 0.25) is 0 Å². The fraction of sp³-hybridized carbons (Fsp3) is 0.417. The first kappa shape index (κ1) is 13.8. The molecule has 0 unspecified atom stereocenters. The second kappa shape index (κ2) is 5.16. The lowest BCUT2D eigenvalue weighted by Gasteiger charge is -2.06. The molecule has 1 N–H and O–H groups in total. The summed E-state index contributed by atoms with van der Waals surface area (Å²) in [5.41, 5.74) is 3.16. The van der Waals surface area contributed by atoms with Gasteiger partial charge in [-0.1, -0.05) is 0 Å². The number of nitrogens with zero attached hydrogens (tertiary/aromatic N) is 4. The maximum Gasteiger partial charge on any atom is 0.255 e. The largest absolute Gasteiger partial charge is 0.346 e. The van der Waals surface area contributed by atoms with Gasteiger partial charge in [0.25, 0.3) is 5.91 Å². The van der Waals surface area contributed by atoms with Crippen LogP contribution >= 0.6 is 15.9 Å². The zero-order valence-electron chi connectivity index (χ0n) is 11.4. The van der Waals surface area contributed by atoms with Crippen molar-refractivity contribution in [2.45, 2.75) is 20.4 Å². The molecule has 2 aromatic rings. The quantitative estimate of drug-likeness (QED) is 0.929. The number of nitrogens with one attached hydrogen (secondary N) is 1. The summed E-state index contributed by atoms with van der Waals surface area (Å²) in [7, 11) is 3.67. The van der Waals surface area contributed by atoms with Gasteiger partial charge >= 0.3 is 0 Å². The van der Waals surface area contributed by atoms with Gasteiger partial charge in [0.2, 0.25) is 0 Å². The summed E-state index contributed by atoms with van der Waals surface area (Å²) < 4.78 is 4.33. The van der Waals surface area contributed by atoms with Gasteiger partial charge in [0.1, 0.15) is 0 Å². The molecule has 2 rings (SSSR count). The smallest absolute Gasteiger partial charge is 0.255 e. The fourth-order valence-electron chi connectivity index (χ4n) is 1.99. The molecule has 0 aliphatic carbocycles. The molecule has 0 spiro atoms. The first-order valence-corrected chi connectivity index (χ1v) is 6.66. The van der Waals surface area contributed by atoms with Gasteiger partial charge in [0.15, 0.2) is 0 Å². The van der Waals surface area contributed by atoms with Crippen LogP contribution in [0, 0.1) is 13.8 Å². The fourth-order valence-corrected chi connectivity index (χ4v) is 2.48. The second-order valence-electron chi connectivity index (χ2n) is 4.41. The van der Waals surface area contributed by atoms with Crippen LogP contribution in [0.5, 0.6) is 0 Å². The van der Waals surface area contributed by atoms with Crippen molar-refractivity contribution in [3.8, 4) is 0 Å². The first-order valence-electron chi connectivity index (χ1n) is 5.86. The third-order valence-electron chi connectivity index (χ3n) is 3.16. The highest BCUT2D eigenvalue weighted by atomic mass is 79.9. The molecular weight excluding hydrogens is 310 g/mol. The van der Waals surface area contributed by atoms with Crippen molar-refractivity contribution in [1.29, 1.82) is 0 Å². The minimum absolute atomic E-state index is 0.115. The van der Waals surface area contributed by atoms with Gasteiger partial charge in [-0.3, -0.25) is 14.2 Å². The standard InChI is InChI=1S/C12H16BrN5O/c1-7-11(8(2)17(3)16-7)12(19)14-6-10-9(13)5-15-18(10)4/h5H,6H2,1-4H3,(H,14,19). The van der Waals surface area contributed by atoms with Gasteiger partial charge in [-0.15, -0.1) is 0 Å². The minimum atomic E-state index is -0.115. The molecule has 0 saturated carbocycles. The van der Waals surface area contributed by atoms with Crippen LogP contribution in [0.15, 0.2) is 10.7 Å². The normalized spacial score (nSPS) is 10.8. The van der Waals surface area contributed by atoms with Crippen molar-refractivity contribution in [3.63, 3.8) is 0 Å². The number of aromatic nitrogens is 4. The van der Waals surface area contributed by atoms with Crippen molar-refractivity contribution < 1.29 is 4.79 Å². The summed E-state index contributed by atoms with van der Waals surface area (Å²) in [5.74, 6) is -0.115. The van der Waals surface area contributed by atoms with Crippen molar-refractivity contribution >= 4 is 21.8 Å². The van der Waals surface area contributed by atoms with E-state index in [0.29, 0.717) is 12.1 Å². The molecule has 0 fully saturated rings. The monoisotopic (exact) mass is 325 g/mol. The molecule has 0 bridgehead atoms. The Kier molecular flexibility index (Phi) is 3.75. The molecule has 2 heterocycles. The average molecular weight is 326 g/mol. The van der Waals surface area contributed by atoms with E-state index in [9.17, 15) is 4.79 Å². The number of rotatable bonds is 3. The summed E-state index contributed by atoms with van der Waals surface area (Å²) >= 11 is 3.41. The lowest BCUT2D eigenvalue weighted by Crippen LogP contribution is -2.25. The number of halogens is 1. The zero-order valence-corrected chi connectivity index (χ0v) is 12.9. The summed E-state index contributed by atoms with van der Waals surface area (Å²) in [5, 5.41) is 11.2. The Morgan fingerprint density at radius 3 is 2.53 bits per heavy atom. The second-order valence-corrected chi connectivity index (χ2v) is 5.27. The van der Waals surface area contributed by atoms with Crippen LogP contribution in [-0.2, 0) is 20.6 Å². The van der Waals surface area contributed by atoms with Gasteiger partial charge in [-0.25, -0.2) is 0 Å². The van der Waals surface area contributed by atoms with E-state index >= 15 is 0 Å². The number of carbonyl (C=O) groups is 1. The lowest BCUT2D eigenvalue weighted by atomic mass is 10.2. The Morgan fingerprint density at radius 2 is 2.05 bits per heavy atom. The molecule has 6 nitrogen and oxygen atoms in total. The van der Waals surface area contributed by atoms with E-state index < -0.39 is 0 Å². The van der Waals surface area contributed by atoms with Gasteiger partial charge in [-0.2, -0.15) is 10.2 Å². The van der Waals surface area contributed by atoms with Gasteiger partial charge in [0, 0.05) is 19.8 Å². The maximum atomic E-state index is 12.2. The molecular formula is C12H16BrN5O. The highest BCUT2D eigenvalue weighted by Gasteiger charge is 2.17. The third kappa shape index (κ3) is 2.56. The zero-order chi connectivity index (χ0) is 14.2. The van der Waals surface area contributed by atoms with E-state index in [1.807, 2.05) is 27.9 Å². The Labute approximate surface area is 119 Å². The van der Waals surface area contributed by atoms with Gasteiger partial charge < -0.3 is 5.32 Å². The highest BCUT2D eigenvalue weighted by molar-refractivity contribution is 9.10. The van der Waals surface area contributed by atoms with E-state index in [4.69, 9.17) is 0 Å². The van der Waals surface area contributed by atoms with Crippen LogP contribution < -0.4 is 5.32 Å². The van der Waals surface area contributed by atoms with Crippen LogP contribution in [-0.4, -0.2) is 25.5 Å². The number of carbonyl (C=O) groups excluding carboxylic acids is 1. The summed E-state index contributed by atoms with van der Waals surface area (Å²) in [6.07, 6.45) is 1.71. The molecule has 0 radical (unpaired) electrons. The molecule has 0 saturated heterocycles. The lowest BCUT2D eigenvalue weighted by molar-refractivity contribution is 0.0948. The SMILES string of the molecule is Cc1nn(C)c(C)c1C(=O)NCc1c(Br)cnn1C. The summed E-state index contributed by atoms with van der Waals surface area (Å²) in [6.45, 7) is 4.14. The Balaban J connectivity index is 2.14. The number of hydrogen-bond acceptors (Lipinski definition) is 3. The number of amides is 1. The van der Waals surface area contributed by atoms with E-state index in [1.54, 1.807) is 15.6 Å². The predicted molar refractivity (Wildman–Crippen MR) is 74.8 cm³/mol. The van der Waals surface area contributed by atoms with Crippen molar-refractivity contribution in [2.24, 2.45) is 14.1 Å². The topological polar surface area (TPSA) is 64.7 Å². The minimum Gasteiger partial charge on any atom is -0.346 e. The molecule has 0 aliphatic heterocycles. The first-order chi connectivity index (χ1) is 8.91. The van der Waals surface area contributed by atoms with Crippen molar-refractivity contribution in [3.05, 3.63) is 33.3 Å².